The number of hydrogen-bond acceptors (Lipinski definition) is 1. The first-order valence-corrected chi connectivity index (χ1v) is 3.97. The molecule has 0 aromatic heterocycles. The van der Waals surface area contributed by atoms with Gasteiger partial charge in [0.15, 0.2) is 0 Å². The predicted octanol–water partition coefficient (Wildman–Crippen LogP) is 2.78. The molecule has 0 bridgehead atoms. The highest BCUT2D eigenvalue weighted by Gasteiger charge is 2.06. The van der Waals surface area contributed by atoms with Gasteiger partial charge in [0.05, 0.1) is 0 Å². The molecule has 1 atom stereocenters. The van der Waals surface area contributed by atoms with Crippen molar-refractivity contribution in [3.63, 3.8) is 0 Å². The van der Waals surface area contributed by atoms with Gasteiger partial charge in [-0.05, 0) is 24.6 Å². The number of halogens is 1. The van der Waals surface area contributed by atoms with Crippen LogP contribution in [0.5, 0.6) is 5.75 Å². The molecule has 0 saturated heterocycles. The molecule has 0 spiro atoms. The zero-order valence-corrected chi connectivity index (χ0v) is 7.47. The molecular formula is C10H9ClO. The van der Waals surface area contributed by atoms with Crippen LogP contribution in [0, 0.1) is 12.3 Å². The van der Waals surface area contributed by atoms with Gasteiger partial charge in [-0.15, -0.1) is 6.42 Å². The van der Waals surface area contributed by atoms with Gasteiger partial charge in [-0.2, -0.15) is 0 Å². The largest absolute Gasteiger partial charge is 0.508 e. The summed E-state index contributed by atoms with van der Waals surface area (Å²) in [6.07, 6.45) is 5.24. The quantitative estimate of drug-likeness (QED) is 0.659. The summed E-state index contributed by atoms with van der Waals surface area (Å²) >= 11 is 5.85. The first-order valence-electron chi connectivity index (χ1n) is 3.59. The Morgan fingerprint density at radius 1 is 1.58 bits per heavy atom. The summed E-state index contributed by atoms with van der Waals surface area (Å²) in [5.74, 6) is 2.72. The highest BCUT2D eigenvalue weighted by molar-refractivity contribution is 6.31. The maximum absolute atomic E-state index is 9.06. The van der Waals surface area contributed by atoms with Crippen LogP contribution in [0.2, 0.25) is 5.02 Å². The van der Waals surface area contributed by atoms with Gasteiger partial charge >= 0.3 is 0 Å². The number of aromatic hydroxyl groups is 1. The number of rotatable bonds is 1. The van der Waals surface area contributed by atoms with E-state index in [1.807, 2.05) is 6.92 Å². The van der Waals surface area contributed by atoms with E-state index in [2.05, 4.69) is 5.92 Å². The van der Waals surface area contributed by atoms with Gasteiger partial charge in [0.2, 0.25) is 0 Å². The van der Waals surface area contributed by atoms with E-state index in [-0.39, 0.29) is 11.7 Å². The number of hydrogen-bond donors (Lipinski definition) is 1. The Bertz CT molecular complexity index is 325. The summed E-state index contributed by atoms with van der Waals surface area (Å²) in [6.45, 7) is 1.89. The fourth-order valence-electron chi connectivity index (χ4n) is 0.957. The Morgan fingerprint density at radius 3 is 2.75 bits per heavy atom. The molecule has 1 rings (SSSR count). The summed E-state index contributed by atoms with van der Waals surface area (Å²) < 4.78 is 0. The fraction of sp³-hybridized carbons (Fsp3) is 0.200. The third-order valence-corrected chi connectivity index (χ3v) is 2.03. The molecule has 1 aromatic rings. The van der Waals surface area contributed by atoms with Crippen LogP contribution in [0.4, 0.5) is 0 Å². The standard InChI is InChI=1S/C10H9ClO/c1-3-7(2)9-5-4-8(12)6-10(9)11/h1,4-7,12H,2H3. The lowest BCUT2D eigenvalue weighted by Gasteiger charge is -2.06. The van der Waals surface area contributed by atoms with Crippen molar-refractivity contribution in [3.05, 3.63) is 28.8 Å². The molecule has 1 nitrogen and oxygen atoms in total. The van der Waals surface area contributed by atoms with E-state index in [1.165, 1.54) is 6.07 Å². The lowest BCUT2D eigenvalue weighted by molar-refractivity contribution is 0.475. The molecule has 0 saturated carbocycles. The first kappa shape index (κ1) is 8.96. The molecule has 0 aliphatic heterocycles. The molecule has 1 aromatic carbocycles. The van der Waals surface area contributed by atoms with E-state index in [9.17, 15) is 0 Å². The first-order chi connectivity index (χ1) is 5.65. The molecule has 1 unspecified atom stereocenters. The van der Waals surface area contributed by atoms with Crippen molar-refractivity contribution in [3.8, 4) is 18.1 Å². The lowest BCUT2D eigenvalue weighted by Crippen LogP contribution is -1.89. The van der Waals surface area contributed by atoms with Crippen LogP contribution in [0.1, 0.15) is 18.4 Å². The monoisotopic (exact) mass is 180 g/mol. The van der Waals surface area contributed by atoms with Crippen molar-refractivity contribution in [1.29, 1.82) is 0 Å². The molecule has 0 aliphatic carbocycles. The number of phenolic OH excluding ortho intramolecular Hbond substituents is 1. The van der Waals surface area contributed by atoms with Crippen molar-refractivity contribution in [2.45, 2.75) is 12.8 Å². The average Bonchev–Trinajstić information content (AvgIpc) is 2.03. The third kappa shape index (κ3) is 1.72. The molecule has 12 heavy (non-hydrogen) atoms. The van der Waals surface area contributed by atoms with E-state index in [1.54, 1.807) is 12.1 Å². The summed E-state index contributed by atoms with van der Waals surface area (Å²) in [5, 5.41) is 9.57. The summed E-state index contributed by atoms with van der Waals surface area (Å²) in [5.41, 5.74) is 0.872. The summed E-state index contributed by atoms with van der Waals surface area (Å²) in [6, 6.07) is 4.81. The third-order valence-electron chi connectivity index (χ3n) is 1.70. The number of phenols is 1. The Balaban J connectivity index is 3.11. The molecular weight excluding hydrogens is 172 g/mol. The highest BCUT2D eigenvalue weighted by Crippen LogP contribution is 2.27. The second kappa shape index (κ2) is 3.51. The van der Waals surface area contributed by atoms with E-state index in [0.717, 1.165) is 5.56 Å². The smallest absolute Gasteiger partial charge is 0.117 e. The van der Waals surface area contributed by atoms with Crippen LogP contribution in [-0.4, -0.2) is 5.11 Å². The molecule has 0 fully saturated rings. The van der Waals surface area contributed by atoms with Gasteiger partial charge in [0, 0.05) is 10.9 Å². The van der Waals surface area contributed by atoms with Gasteiger partial charge in [0.1, 0.15) is 5.75 Å². The Hall–Kier alpha value is -1.13. The van der Waals surface area contributed by atoms with Gasteiger partial charge in [-0.3, -0.25) is 0 Å². The van der Waals surface area contributed by atoms with Crippen LogP contribution in [0.3, 0.4) is 0 Å². The van der Waals surface area contributed by atoms with Crippen molar-refractivity contribution in [2.75, 3.05) is 0 Å². The zero-order valence-electron chi connectivity index (χ0n) is 6.71. The zero-order chi connectivity index (χ0) is 9.14. The second-order valence-corrected chi connectivity index (χ2v) is 3.00. The van der Waals surface area contributed by atoms with Crippen molar-refractivity contribution in [2.24, 2.45) is 0 Å². The van der Waals surface area contributed by atoms with E-state index in [0.29, 0.717) is 5.02 Å². The summed E-state index contributed by atoms with van der Waals surface area (Å²) in [4.78, 5) is 0. The van der Waals surface area contributed by atoms with E-state index < -0.39 is 0 Å². The van der Waals surface area contributed by atoms with E-state index >= 15 is 0 Å². The number of terminal acetylenes is 1. The predicted molar refractivity (Wildman–Crippen MR) is 50.4 cm³/mol. The van der Waals surface area contributed by atoms with Crippen molar-refractivity contribution < 1.29 is 5.11 Å². The minimum atomic E-state index is -0.0156. The maximum atomic E-state index is 9.06. The average molecular weight is 181 g/mol. The van der Waals surface area contributed by atoms with Crippen LogP contribution in [0.25, 0.3) is 0 Å². The van der Waals surface area contributed by atoms with Gasteiger partial charge < -0.3 is 5.11 Å². The van der Waals surface area contributed by atoms with Crippen molar-refractivity contribution in [1.82, 2.24) is 0 Å². The molecule has 0 radical (unpaired) electrons. The number of benzene rings is 1. The molecule has 62 valence electrons. The Kier molecular flexibility index (Phi) is 2.62. The topological polar surface area (TPSA) is 20.2 Å². The lowest BCUT2D eigenvalue weighted by atomic mass is 10.0. The van der Waals surface area contributed by atoms with Crippen LogP contribution in [-0.2, 0) is 0 Å². The molecule has 0 amide bonds. The van der Waals surface area contributed by atoms with Crippen LogP contribution in [0.15, 0.2) is 18.2 Å². The highest BCUT2D eigenvalue weighted by atomic mass is 35.5. The van der Waals surface area contributed by atoms with Gasteiger partial charge in [-0.25, -0.2) is 0 Å². The Labute approximate surface area is 77.0 Å². The van der Waals surface area contributed by atoms with Gasteiger partial charge in [0.25, 0.3) is 0 Å². The van der Waals surface area contributed by atoms with Gasteiger partial charge in [-0.1, -0.05) is 23.6 Å². The molecule has 2 heteroatoms. The molecule has 0 aliphatic rings. The fourth-order valence-corrected chi connectivity index (χ4v) is 1.30. The summed E-state index contributed by atoms with van der Waals surface area (Å²) in [7, 11) is 0. The minimum absolute atomic E-state index is 0.0156. The van der Waals surface area contributed by atoms with Crippen molar-refractivity contribution >= 4 is 11.6 Å². The Morgan fingerprint density at radius 2 is 2.25 bits per heavy atom. The van der Waals surface area contributed by atoms with Crippen LogP contribution < -0.4 is 0 Å². The second-order valence-electron chi connectivity index (χ2n) is 2.59. The maximum Gasteiger partial charge on any atom is 0.117 e. The minimum Gasteiger partial charge on any atom is -0.508 e. The normalized spacial score (nSPS) is 12.1. The molecule has 1 N–H and O–H groups in total. The SMILES string of the molecule is C#CC(C)c1ccc(O)cc1Cl. The van der Waals surface area contributed by atoms with Crippen LogP contribution >= 0.6 is 11.6 Å². The molecule has 0 heterocycles. The van der Waals surface area contributed by atoms with E-state index in [4.69, 9.17) is 23.1 Å².